The van der Waals surface area contributed by atoms with Gasteiger partial charge in [0.15, 0.2) is 5.82 Å². The molecule has 0 atom stereocenters. The minimum Gasteiger partial charge on any atom is -0.328 e. The molecule has 1 aliphatic carbocycles. The van der Waals surface area contributed by atoms with E-state index < -0.39 is 5.69 Å². The van der Waals surface area contributed by atoms with E-state index >= 15 is 0 Å². The fraction of sp³-hybridized carbons (Fsp3) is 0.368. The fourth-order valence-electron chi connectivity index (χ4n) is 3.68. The van der Waals surface area contributed by atoms with Gasteiger partial charge in [-0.05, 0) is 36.6 Å². The van der Waals surface area contributed by atoms with Crippen molar-refractivity contribution in [2.24, 2.45) is 0 Å². The predicted molar refractivity (Wildman–Crippen MR) is 99.9 cm³/mol. The van der Waals surface area contributed by atoms with Gasteiger partial charge >= 0.3 is 5.69 Å². The Labute approximate surface area is 155 Å². The Morgan fingerprint density at radius 1 is 1.12 bits per heavy atom. The molecule has 0 spiro atoms. The van der Waals surface area contributed by atoms with Crippen LogP contribution in [0.1, 0.15) is 43.7 Å². The summed E-state index contributed by atoms with van der Waals surface area (Å²) in [5.74, 6) is 0.407. The van der Waals surface area contributed by atoms with E-state index in [2.05, 4.69) is 9.97 Å². The lowest BCUT2D eigenvalue weighted by Gasteiger charge is -2.24. The quantitative estimate of drug-likeness (QED) is 0.664. The number of hydrogen-bond donors (Lipinski definition) is 0. The lowest BCUT2D eigenvalue weighted by Crippen LogP contribution is -2.41. The second kappa shape index (κ2) is 7.03. The van der Waals surface area contributed by atoms with Crippen LogP contribution in [0.3, 0.4) is 0 Å². The Bertz CT molecular complexity index is 1000. The largest absolute Gasteiger partial charge is 0.352 e. The van der Waals surface area contributed by atoms with E-state index in [9.17, 15) is 9.59 Å². The van der Waals surface area contributed by atoms with Crippen molar-refractivity contribution in [3.05, 3.63) is 68.2 Å². The zero-order chi connectivity index (χ0) is 18.1. The molecule has 26 heavy (non-hydrogen) atoms. The molecule has 0 unspecified atom stereocenters. The summed E-state index contributed by atoms with van der Waals surface area (Å²) in [6.07, 6.45) is 8.48. The Balaban J connectivity index is 1.78. The highest BCUT2D eigenvalue weighted by Gasteiger charge is 2.23. The number of fused-ring (bicyclic) bond motifs is 1. The van der Waals surface area contributed by atoms with Crippen molar-refractivity contribution in [3.63, 3.8) is 0 Å². The second-order valence-corrected chi connectivity index (χ2v) is 7.11. The monoisotopic (exact) mass is 370 g/mol. The molecule has 1 fully saturated rings. The van der Waals surface area contributed by atoms with Gasteiger partial charge in [-0.25, -0.2) is 9.78 Å². The lowest BCUT2D eigenvalue weighted by molar-refractivity contribution is 0.336. The summed E-state index contributed by atoms with van der Waals surface area (Å²) in [4.78, 5) is 33.9. The molecule has 0 radical (unpaired) electrons. The molecule has 0 saturated heterocycles. The Morgan fingerprint density at radius 3 is 2.65 bits per heavy atom. The topological polar surface area (TPSA) is 69.8 Å². The number of halogens is 1. The Hall–Kier alpha value is -2.47. The molecule has 2 aliphatic heterocycles. The van der Waals surface area contributed by atoms with Crippen molar-refractivity contribution in [1.82, 2.24) is 19.1 Å². The molecule has 0 bridgehead atoms. The molecule has 134 valence electrons. The zero-order valence-corrected chi connectivity index (χ0v) is 15.0. The van der Waals surface area contributed by atoms with Crippen LogP contribution >= 0.6 is 11.6 Å². The standard InChI is InChI=1S/C19H19ClN4O2/c20-16-9-8-13(11-21-16)12-23-10-4-7-15-17(23)22-19(26)24(18(15)25)14-5-2-1-3-6-14/h4,7-11,14H,1-3,5-6,12H2. The first-order valence-corrected chi connectivity index (χ1v) is 9.23. The minimum absolute atomic E-state index is 0.0326. The predicted octanol–water partition coefficient (Wildman–Crippen LogP) is 3.11. The third kappa shape index (κ3) is 3.17. The number of rotatable bonds is 3. The first-order chi connectivity index (χ1) is 12.6. The van der Waals surface area contributed by atoms with E-state index in [1.165, 1.54) is 4.57 Å². The van der Waals surface area contributed by atoms with Crippen LogP contribution in [-0.4, -0.2) is 19.1 Å². The third-order valence-corrected chi connectivity index (χ3v) is 5.20. The molecule has 1 aromatic rings. The van der Waals surface area contributed by atoms with Gasteiger partial charge in [-0.2, -0.15) is 4.98 Å². The van der Waals surface area contributed by atoms with Crippen molar-refractivity contribution in [3.8, 4) is 11.4 Å². The molecule has 1 aromatic heterocycles. The van der Waals surface area contributed by atoms with Crippen molar-refractivity contribution < 1.29 is 0 Å². The minimum atomic E-state index is -0.455. The summed E-state index contributed by atoms with van der Waals surface area (Å²) in [7, 11) is 0. The van der Waals surface area contributed by atoms with E-state index in [0.29, 0.717) is 23.1 Å². The maximum atomic E-state index is 13.0. The summed E-state index contributed by atoms with van der Waals surface area (Å²) < 4.78 is 3.16. The molecular weight excluding hydrogens is 352 g/mol. The van der Waals surface area contributed by atoms with E-state index in [1.807, 2.05) is 18.3 Å². The van der Waals surface area contributed by atoms with Gasteiger partial charge in [0.25, 0.3) is 5.56 Å². The summed E-state index contributed by atoms with van der Waals surface area (Å²) >= 11 is 5.83. The molecule has 3 heterocycles. The van der Waals surface area contributed by atoms with E-state index in [-0.39, 0.29) is 11.6 Å². The summed E-state index contributed by atoms with van der Waals surface area (Å²) in [6.45, 7) is 0.459. The van der Waals surface area contributed by atoms with Crippen molar-refractivity contribution in [2.75, 3.05) is 0 Å². The third-order valence-electron chi connectivity index (χ3n) is 4.98. The van der Waals surface area contributed by atoms with Crippen molar-refractivity contribution >= 4 is 11.6 Å². The molecule has 0 amide bonds. The Morgan fingerprint density at radius 2 is 1.92 bits per heavy atom. The van der Waals surface area contributed by atoms with Gasteiger partial charge in [-0.1, -0.05) is 36.9 Å². The van der Waals surface area contributed by atoms with E-state index in [4.69, 9.17) is 11.6 Å². The van der Waals surface area contributed by atoms with Crippen molar-refractivity contribution in [2.45, 2.75) is 44.7 Å². The molecule has 0 N–H and O–H groups in total. The van der Waals surface area contributed by atoms with Gasteiger partial charge in [0.2, 0.25) is 0 Å². The van der Waals surface area contributed by atoms with Crippen LogP contribution in [0.25, 0.3) is 11.4 Å². The zero-order valence-electron chi connectivity index (χ0n) is 14.3. The van der Waals surface area contributed by atoms with E-state index in [1.54, 1.807) is 22.9 Å². The van der Waals surface area contributed by atoms with Gasteiger partial charge in [0, 0.05) is 18.4 Å². The first-order valence-electron chi connectivity index (χ1n) is 8.85. The average molecular weight is 371 g/mol. The maximum Gasteiger partial charge on any atom is 0.352 e. The number of nitrogens with zero attached hydrogens (tertiary/aromatic N) is 4. The smallest absolute Gasteiger partial charge is 0.328 e. The molecule has 0 aromatic carbocycles. The summed E-state index contributed by atoms with van der Waals surface area (Å²) in [6, 6.07) is 7.09. The SMILES string of the molecule is O=c1nc2n(Cc3ccc(Cl)nc3)cccc-2c(=O)n1C1CCCCC1. The van der Waals surface area contributed by atoms with Crippen LogP contribution in [0.2, 0.25) is 5.15 Å². The molecule has 7 heteroatoms. The first kappa shape index (κ1) is 17.0. The average Bonchev–Trinajstić information content (AvgIpc) is 2.65. The normalized spacial score (nSPS) is 15.4. The highest BCUT2D eigenvalue weighted by atomic mass is 35.5. The van der Waals surface area contributed by atoms with Crippen LogP contribution in [0.4, 0.5) is 0 Å². The van der Waals surface area contributed by atoms with Crippen LogP contribution in [0.5, 0.6) is 0 Å². The van der Waals surface area contributed by atoms with Crippen LogP contribution in [-0.2, 0) is 6.54 Å². The van der Waals surface area contributed by atoms with Crippen LogP contribution in [0.15, 0.2) is 46.2 Å². The number of pyridine rings is 2. The molecule has 4 rings (SSSR count). The van der Waals surface area contributed by atoms with Gasteiger partial charge in [0.1, 0.15) is 5.15 Å². The molecular formula is C19H19ClN4O2. The Kier molecular flexibility index (Phi) is 4.59. The second-order valence-electron chi connectivity index (χ2n) is 6.72. The highest BCUT2D eigenvalue weighted by molar-refractivity contribution is 6.29. The van der Waals surface area contributed by atoms with Crippen LogP contribution in [0, 0.1) is 0 Å². The van der Waals surface area contributed by atoms with Crippen molar-refractivity contribution in [1.29, 1.82) is 0 Å². The summed E-state index contributed by atoms with van der Waals surface area (Å²) in [5, 5.41) is 0.423. The van der Waals surface area contributed by atoms with Crippen LogP contribution < -0.4 is 11.2 Å². The number of aromatic nitrogens is 4. The van der Waals surface area contributed by atoms with Gasteiger partial charge in [0.05, 0.1) is 12.1 Å². The summed E-state index contributed by atoms with van der Waals surface area (Å²) in [5.41, 5.74) is 0.691. The fourth-order valence-corrected chi connectivity index (χ4v) is 3.79. The van der Waals surface area contributed by atoms with Gasteiger partial charge < -0.3 is 4.57 Å². The molecule has 1 saturated carbocycles. The number of hydrogen-bond acceptors (Lipinski definition) is 4. The van der Waals surface area contributed by atoms with Gasteiger partial charge in [-0.15, -0.1) is 0 Å². The highest BCUT2D eigenvalue weighted by Crippen LogP contribution is 2.26. The van der Waals surface area contributed by atoms with E-state index in [0.717, 1.165) is 37.7 Å². The van der Waals surface area contributed by atoms with Gasteiger partial charge in [-0.3, -0.25) is 9.36 Å². The maximum absolute atomic E-state index is 13.0. The lowest BCUT2D eigenvalue weighted by atomic mass is 9.95. The molecule has 6 nitrogen and oxygen atoms in total. The molecule has 3 aliphatic rings.